The topological polar surface area (TPSA) is 32.8 Å². The van der Waals surface area contributed by atoms with E-state index >= 15 is 0 Å². The summed E-state index contributed by atoms with van der Waals surface area (Å²) in [6, 6.07) is 2.85. The largest absolute Gasteiger partial charge is 0.465 e. The number of thiophene rings is 1. The average Bonchev–Trinajstić information content (AvgIpc) is 3.18. The number of carbonyl (C=O) groups is 1. The van der Waals surface area contributed by atoms with Crippen molar-refractivity contribution in [3.05, 3.63) is 21.9 Å². The van der Waals surface area contributed by atoms with E-state index in [-0.39, 0.29) is 5.97 Å². The van der Waals surface area contributed by atoms with Gasteiger partial charge in [-0.15, -0.1) is 11.3 Å². The van der Waals surface area contributed by atoms with Crippen LogP contribution in [0.4, 0.5) is 0 Å². The number of rotatable bonds is 4. The molecule has 0 bridgehead atoms. The lowest BCUT2D eigenvalue weighted by Crippen LogP contribution is -2.50. The molecule has 0 radical (unpaired) electrons. The third-order valence-corrected chi connectivity index (χ3v) is 6.42. The molecule has 1 aromatic heterocycles. The summed E-state index contributed by atoms with van der Waals surface area (Å²) in [7, 11) is 1.45. The summed E-state index contributed by atoms with van der Waals surface area (Å²) in [5.74, 6) is 2.42. The van der Waals surface area contributed by atoms with Crippen molar-refractivity contribution in [2.75, 3.05) is 44.8 Å². The summed E-state index contributed by atoms with van der Waals surface area (Å²) >= 11 is 3.56. The van der Waals surface area contributed by atoms with E-state index in [1.54, 1.807) is 0 Å². The fourth-order valence-corrected chi connectivity index (χ4v) is 5.16. The Bertz CT molecular complexity index is 478. The minimum atomic E-state index is -0.207. The Balaban J connectivity index is 1.53. The minimum Gasteiger partial charge on any atom is -0.465 e. The van der Waals surface area contributed by atoms with E-state index in [0.717, 1.165) is 49.2 Å². The fourth-order valence-electron chi connectivity index (χ4n) is 3.07. The molecule has 4 nitrogen and oxygen atoms in total. The van der Waals surface area contributed by atoms with Gasteiger partial charge in [0.15, 0.2) is 0 Å². The molecular weight excluding hydrogens is 304 g/mol. The molecule has 0 aromatic carbocycles. The van der Waals surface area contributed by atoms with E-state index in [0.29, 0.717) is 0 Å². The number of hydrogen-bond donors (Lipinski definition) is 0. The van der Waals surface area contributed by atoms with Crippen LogP contribution in [0.5, 0.6) is 0 Å². The minimum absolute atomic E-state index is 0.207. The Hall–Kier alpha value is -0.560. The lowest BCUT2D eigenvalue weighted by molar-refractivity contribution is 0.0602. The molecule has 0 amide bonds. The van der Waals surface area contributed by atoms with Crippen LogP contribution in [0.3, 0.4) is 0 Å². The summed E-state index contributed by atoms with van der Waals surface area (Å²) in [6.07, 6.45) is 1.35. The number of methoxy groups -OCH3 is 1. The van der Waals surface area contributed by atoms with E-state index in [1.165, 1.54) is 36.4 Å². The highest BCUT2D eigenvalue weighted by molar-refractivity contribution is 7.99. The highest BCUT2D eigenvalue weighted by atomic mass is 32.2. The highest BCUT2D eigenvalue weighted by Gasteiger charge is 2.27. The molecule has 3 rings (SSSR count). The second-order valence-corrected chi connectivity index (χ2v) is 7.66. The molecule has 2 fully saturated rings. The average molecular weight is 326 g/mol. The molecule has 2 aliphatic heterocycles. The van der Waals surface area contributed by atoms with Gasteiger partial charge in [0.25, 0.3) is 0 Å². The standard InChI is InChI=1S/C15H22N2O2S2/c1-19-15(18)14-12(2-9-21-14)10-16-4-6-17(7-5-16)13-3-8-20-11-13/h2,9,13H,3-8,10-11H2,1H3/t13-/m1/s1. The third-order valence-electron chi connectivity index (χ3n) is 4.34. The van der Waals surface area contributed by atoms with Crippen molar-refractivity contribution < 1.29 is 9.53 Å². The summed E-state index contributed by atoms with van der Waals surface area (Å²) in [4.78, 5) is 17.6. The van der Waals surface area contributed by atoms with Gasteiger partial charge in [-0.1, -0.05) is 0 Å². The number of carbonyl (C=O) groups excluding carboxylic acids is 1. The lowest BCUT2D eigenvalue weighted by Gasteiger charge is -2.37. The monoisotopic (exact) mass is 326 g/mol. The van der Waals surface area contributed by atoms with E-state index < -0.39 is 0 Å². The van der Waals surface area contributed by atoms with Gasteiger partial charge in [0.1, 0.15) is 4.88 Å². The Kier molecular flexibility index (Phi) is 5.21. The van der Waals surface area contributed by atoms with Gasteiger partial charge >= 0.3 is 5.97 Å². The highest BCUT2D eigenvalue weighted by Crippen LogP contribution is 2.24. The molecule has 1 aromatic rings. The van der Waals surface area contributed by atoms with Crippen LogP contribution in [0.15, 0.2) is 11.4 Å². The maximum Gasteiger partial charge on any atom is 0.348 e. The predicted octanol–water partition coefficient (Wildman–Crippen LogP) is 2.16. The van der Waals surface area contributed by atoms with Crippen molar-refractivity contribution in [3.8, 4) is 0 Å². The zero-order valence-corrected chi connectivity index (χ0v) is 14.0. The number of piperazine rings is 1. The molecule has 0 aliphatic carbocycles. The van der Waals surface area contributed by atoms with Crippen LogP contribution in [0.25, 0.3) is 0 Å². The molecule has 1 atom stereocenters. The number of esters is 1. The van der Waals surface area contributed by atoms with Crippen molar-refractivity contribution in [1.82, 2.24) is 9.80 Å². The number of nitrogens with zero attached hydrogens (tertiary/aromatic N) is 2. The molecular formula is C15H22N2O2S2. The first-order chi connectivity index (χ1) is 10.3. The molecule has 0 unspecified atom stereocenters. The Labute approximate surface area is 134 Å². The zero-order valence-electron chi connectivity index (χ0n) is 12.4. The van der Waals surface area contributed by atoms with Crippen molar-refractivity contribution >= 4 is 29.1 Å². The van der Waals surface area contributed by atoms with Gasteiger partial charge < -0.3 is 4.74 Å². The summed E-state index contributed by atoms with van der Waals surface area (Å²) in [5, 5.41) is 1.98. The van der Waals surface area contributed by atoms with Crippen molar-refractivity contribution in [3.63, 3.8) is 0 Å². The summed E-state index contributed by atoms with van der Waals surface area (Å²) in [6.45, 7) is 5.36. The summed E-state index contributed by atoms with van der Waals surface area (Å²) in [5.41, 5.74) is 1.11. The molecule has 0 spiro atoms. The molecule has 6 heteroatoms. The number of thioether (sulfide) groups is 1. The SMILES string of the molecule is COC(=O)c1sccc1CN1CCN([C@@H]2CCSC2)CC1. The number of ether oxygens (including phenoxy) is 1. The second-order valence-electron chi connectivity index (χ2n) is 5.60. The Morgan fingerprint density at radius 1 is 1.38 bits per heavy atom. The van der Waals surface area contributed by atoms with Gasteiger partial charge in [-0.05, 0) is 29.2 Å². The molecule has 2 aliphatic rings. The molecule has 21 heavy (non-hydrogen) atoms. The van der Waals surface area contributed by atoms with E-state index in [2.05, 4.69) is 27.6 Å². The third kappa shape index (κ3) is 3.62. The van der Waals surface area contributed by atoms with Crippen LogP contribution in [-0.4, -0.2) is 66.6 Å². The smallest absolute Gasteiger partial charge is 0.348 e. The van der Waals surface area contributed by atoms with Crippen molar-refractivity contribution in [2.45, 2.75) is 19.0 Å². The van der Waals surface area contributed by atoms with Gasteiger partial charge in [0.2, 0.25) is 0 Å². The van der Waals surface area contributed by atoms with Crippen LogP contribution in [-0.2, 0) is 11.3 Å². The van der Waals surface area contributed by atoms with Gasteiger partial charge in [-0.2, -0.15) is 11.8 Å². The van der Waals surface area contributed by atoms with Gasteiger partial charge in [0, 0.05) is 44.5 Å². The maximum atomic E-state index is 11.7. The molecule has 2 saturated heterocycles. The van der Waals surface area contributed by atoms with Crippen LogP contribution < -0.4 is 0 Å². The van der Waals surface area contributed by atoms with E-state index in [9.17, 15) is 4.79 Å². The van der Waals surface area contributed by atoms with E-state index in [4.69, 9.17) is 4.74 Å². The lowest BCUT2D eigenvalue weighted by atomic mass is 10.1. The second kappa shape index (κ2) is 7.13. The summed E-state index contributed by atoms with van der Waals surface area (Å²) < 4.78 is 4.85. The zero-order chi connectivity index (χ0) is 14.7. The van der Waals surface area contributed by atoms with Crippen LogP contribution in [0, 0.1) is 0 Å². The first-order valence-electron chi connectivity index (χ1n) is 7.47. The maximum absolute atomic E-state index is 11.7. The molecule has 0 N–H and O–H groups in total. The van der Waals surface area contributed by atoms with Crippen molar-refractivity contribution in [1.29, 1.82) is 0 Å². The first kappa shape index (κ1) is 15.3. The molecule has 116 valence electrons. The molecule has 0 saturated carbocycles. The van der Waals surface area contributed by atoms with Gasteiger partial charge in [-0.25, -0.2) is 4.79 Å². The predicted molar refractivity (Wildman–Crippen MR) is 88.2 cm³/mol. The normalized spacial score (nSPS) is 24.3. The quantitative estimate of drug-likeness (QED) is 0.792. The van der Waals surface area contributed by atoms with Crippen LogP contribution >= 0.6 is 23.1 Å². The van der Waals surface area contributed by atoms with Crippen molar-refractivity contribution in [2.24, 2.45) is 0 Å². The van der Waals surface area contributed by atoms with Gasteiger partial charge in [-0.3, -0.25) is 9.80 Å². The van der Waals surface area contributed by atoms with E-state index in [1.807, 2.05) is 5.38 Å². The first-order valence-corrected chi connectivity index (χ1v) is 9.50. The molecule has 3 heterocycles. The Morgan fingerprint density at radius 2 is 2.19 bits per heavy atom. The van der Waals surface area contributed by atoms with Crippen LogP contribution in [0.2, 0.25) is 0 Å². The van der Waals surface area contributed by atoms with Gasteiger partial charge in [0.05, 0.1) is 7.11 Å². The Morgan fingerprint density at radius 3 is 2.86 bits per heavy atom. The van der Waals surface area contributed by atoms with Crippen LogP contribution in [0.1, 0.15) is 21.7 Å². The fraction of sp³-hybridized carbons (Fsp3) is 0.667. The number of hydrogen-bond acceptors (Lipinski definition) is 6.